The van der Waals surface area contributed by atoms with Crippen molar-refractivity contribution >= 4 is 15.6 Å². The number of sulfone groups is 1. The highest BCUT2D eigenvalue weighted by Gasteiger charge is 2.21. The van der Waals surface area contributed by atoms with Crippen LogP contribution in [0.1, 0.15) is 6.92 Å². The molecule has 2 N–H and O–H groups in total. The van der Waals surface area contributed by atoms with Crippen LogP contribution in [0.4, 0.5) is 0 Å². The first-order valence-electron chi connectivity index (χ1n) is 2.81. The van der Waals surface area contributed by atoms with Crippen LogP contribution in [0.5, 0.6) is 0 Å². The molecule has 0 aromatic heterocycles. The Kier molecular flexibility index (Phi) is 2.98. The van der Waals surface area contributed by atoms with Crippen molar-refractivity contribution < 1.29 is 13.2 Å². The zero-order chi connectivity index (χ0) is 8.36. The van der Waals surface area contributed by atoms with Gasteiger partial charge in [-0.2, -0.15) is 0 Å². The standard InChI is InChI=1S/C5H11NO3S/c1-4(5(7)3-6)10(2,8)9/h4H,3,6H2,1-2H3. The largest absolute Gasteiger partial charge is 0.324 e. The van der Waals surface area contributed by atoms with E-state index in [0.717, 1.165) is 6.26 Å². The third kappa shape index (κ3) is 2.45. The minimum atomic E-state index is -3.24. The molecule has 0 fully saturated rings. The van der Waals surface area contributed by atoms with E-state index in [2.05, 4.69) is 0 Å². The molecule has 60 valence electrons. The molecule has 0 rings (SSSR count). The van der Waals surface area contributed by atoms with Gasteiger partial charge in [0, 0.05) is 6.26 Å². The smallest absolute Gasteiger partial charge is 0.164 e. The average molecular weight is 165 g/mol. The maximum atomic E-state index is 10.7. The molecule has 0 aliphatic heterocycles. The molecule has 1 atom stereocenters. The topological polar surface area (TPSA) is 77.2 Å². The molecule has 10 heavy (non-hydrogen) atoms. The molecule has 0 heterocycles. The van der Waals surface area contributed by atoms with E-state index in [4.69, 9.17) is 5.73 Å². The van der Waals surface area contributed by atoms with Gasteiger partial charge in [-0.3, -0.25) is 4.79 Å². The number of Topliss-reactive ketones (excluding diaryl/α,β-unsaturated/α-hetero) is 1. The van der Waals surface area contributed by atoms with Crippen molar-refractivity contribution in [3.05, 3.63) is 0 Å². The van der Waals surface area contributed by atoms with E-state index in [-0.39, 0.29) is 6.54 Å². The Balaban J connectivity index is 4.39. The summed E-state index contributed by atoms with van der Waals surface area (Å²) in [6, 6.07) is 0. The molecule has 0 spiro atoms. The van der Waals surface area contributed by atoms with E-state index in [1.165, 1.54) is 6.92 Å². The summed E-state index contributed by atoms with van der Waals surface area (Å²) >= 11 is 0. The van der Waals surface area contributed by atoms with Crippen molar-refractivity contribution in [3.63, 3.8) is 0 Å². The van der Waals surface area contributed by atoms with Crippen LogP contribution in [0, 0.1) is 0 Å². The number of rotatable bonds is 3. The number of ketones is 1. The molecule has 0 aliphatic carbocycles. The molecule has 0 aromatic rings. The van der Waals surface area contributed by atoms with Crippen LogP contribution < -0.4 is 5.73 Å². The highest BCUT2D eigenvalue weighted by atomic mass is 32.2. The van der Waals surface area contributed by atoms with Crippen molar-refractivity contribution in [1.82, 2.24) is 0 Å². The maximum absolute atomic E-state index is 10.7. The fourth-order valence-corrected chi connectivity index (χ4v) is 0.979. The first kappa shape index (κ1) is 9.58. The minimum Gasteiger partial charge on any atom is -0.324 e. The first-order chi connectivity index (χ1) is 4.39. The second kappa shape index (κ2) is 3.12. The molecule has 1 unspecified atom stereocenters. The van der Waals surface area contributed by atoms with E-state index >= 15 is 0 Å². The third-order valence-electron chi connectivity index (χ3n) is 1.30. The van der Waals surface area contributed by atoms with Crippen LogP contribution >= 0.6 is 0 Å². The van der Waals surface area contributed by atoms with Crippen molar-refractivity contribution in [3.8, 4) is 0 Å². The van der Waals surface area contributed by atoms with Crippen LogP contribution in [0.2, 0.25) is 0 Å². The zero-order valence-corrected chi connectivity index (χ0v) is 6.81. The molecule has 0 aliphatic rings. The van der Waals surface area contributed by atoms with Gasteiger partial charge < -0.3 is 5.73 Å². The van der Waals surface area contributed by atoms with E-state index in [1.54, 1.807) is 0 Å². The zero-order valence-electron chi connectivity index (χ0n) is 5.99. The lowest BCUT2D eigenvalue weighted by atomic mass is 10.3. The summed E-state index contributed by atoms with van der Waals surface area (Å²) in [6.45, 7) is 1.12. The van der Waals surface area contributed by atoms with Gasteiger partial charge in [-0.15, -0.1) is 0 Å². The van der Waals surface area contributed by atoms with Gasteiger partial charge in [-0.1, -0.05) is 0 Å². The fourth-order valence-electron chi connectivity index (χ4n) is 0.405. The van der Waals surface area contributed by atoms with Gasteiger partial charge in [0.1, 0.15) is 5.25 Å². The maximum Gasteiger partial charge on any atom is 0.164 e. The lowest BCUT2D eigenvalue weighted by Gasteiger charge is -2.04. The number of hydrogen-bond acceptors (Lipinski definition) is 4. The molecular weight excluding hydrogens is 154 g/mol. The van der Waals surface area contributed by atoms with Crippen molar-refractivity contribution in [2.24, 2.45) is 5.73 Å². The van der Waals surface area contributed by atoms with Gasteiger partial charge in [0.15, 0.2) is 15.6 Å². The van der Waals surface area contributed by atoms with Gasteiger partial charge >= 0.3 is 0 Å². The van der Waals surface area contributed by atoms with Crippen LogP contribution in [0.25, 0.3) is 0 Å². The lowest BCUT2D eigenvalue weighted by Crippen LogP contribution is -2.31. The summed E-state index contributed by atoms with van der Waals surface area (Å²) in [6.07, 6.45) is 1.02. The van der Waals surface area contributed by atoms with E-state index < -0.39 is 20.9 Å². The van der Waals surface area contributed by atoms with E-state index in [9.17, 15) is 13.2 Å². The fraction of sp³-hybridized carbons (Fsp3) is 0.800. The molecule has 0 radical (unpaired) electrons. The summed E-state index contributed by atoms with van der Waals surface area (Å²) in [4.78, 5) is 10.7. The highest BCUT2D eigenvalue weighted by molar-refractivity contribution is 7.92. The quantitative estimate of drug-likeness (QED) is 0.578. The number of hydrogen-bond donors (Lipinski definition) is 1. The second-order valence-corrected chi connectivity index (χ2v) is 4.51. The van der Waals surface area contributed by atoms with Gasteiger partial charge in [0.05, 0.1) is 6.54 Å². The average Bonchev–Trinajstić information content (AvgIpc) is 1.83. The van der Waals surface area contributed by atoms with Crippen molar-refractivity contribution in [1.29, 1.82) is 0 Å². The Labute approximate surface area is 60.3 Å². The number of carbonyl (C=O) groups excluding carboxylic acids is 1. The Morgan fingerprint density at radius 1 is 1.60 bits per heavy atom. The summed E-state index contributed by atoms with van der Waals surface area (Å²) in [5.74, 6) is -0.442. The molecule has 0 saturated heterocycles. The third-order valence-corrected chi connectivity index (χ3v) is 2.84. The molecule has 0 aromatic carbocycles. The molecule has 0 amide bonds. The summed E-state index contributed by atoms with van der Waals surface area (Å²) in [5.41, 5.74) is 4.96. The Bertz CT molecular complexity index is 219. The molecular formula is C5H11NO3S. The second-order valence-electron chi connectivity index (χ2n) is 2.14. The predicted molar refractivity (Wildman–Crippen MR) is 38.4 cm³/mol. The van der Waals surface area contributed by atoms with Crippen molar-refractivity contribution in [2.75, 3.05) is 12.8 Å². The van der Waals surface area contributed by atoms with Gasteiger partial charge in [-0.25, -0.2) is 8.42 Å². The van der Waals surface area contributed by atoms with Gasteiger partial charge in [0.25, 0.3) is 0 Å². The number of carbonyl (C=O) groups is 1. The predicted octanol–water partition coefficient (Wildman–Crippen LogP) is -1.05. The van der Waals surface area contributed by atoms with Crippen LogP contribution in [-0.4, -0.2) is 32.3 Å². The Hall–Kier alpha value is -0.420. The first-order valence-corrected chi connectivity index (χ1v) is 4.76. The monoisotopic (exact) mass is 165 g/mol. The summed E-state index contributed by atoms with van der Waals surface area (Å²) in [5, 5.41) is -0.961. The molecule has 4 nitrogen and oxygen atoms in total. The van der Waals surface area contributed by atoms with E-state index in [1.807, 2.05) is 0 Å². The normalized spacial score (nSPS) is 14.7. The molecule has 0 bridgehead atoms. The van der Waals surface area contributed by atoms with E-state index in [0.29, 0.717) is 0 Å². The van der Waals surface area contributed by atoms with Crippen LogP contribution in [0.3, 0.4) is 0 Å². The van der Waals surface area contributed by atoms with Gasteiger partial charge in [0.2, 0.25) is 0 Å². The SMILES string of the molecule is CC(C(=O)CN)S(C)(=O)=O. The van der Waals surface area contributed by atoms with Gasteiger partial charge in [-0.05, 0) is 6.92 Å². The summed E-state index contributed by atoms with van der Waals surface area (Å²) < 4.78 is 21.3. The lowest BCUT2D eigenvalue weighted by molar-refractivity contribution is -0.117. The Morgan fingerprint density at radius 2 is 2.00 bits per heavy atom. The number of nitrogens with two attached hydrogens (primary N) is 1. The van der Waals surface area contributed by atoms with Crippen LogP contribution in [-0.2, 0) is 14.6 Å². The molecule has 0 saturated carbocycles. The summed E-state index contributed by atoms with van der Waals surface area (Å²) in [7, 11) is -3.24. The molecule has 5 heteroatoms. The van der Waals surface area contributed by atoms with Crippen molar-refractivity contribution in [2.45, 2.75) is 12.2 Å². The minimum absolute atomic E-state index is 0.214. The highest BCUT2D eigenvalue weighted by Crippen LogP contribution is 1.97. The Morgan fingerprint density at radius 3 is 2.10 bits per heavy atom. The van der Waals surface area contributed by atoms with Crippen LogP contribution in [0.15, 0.2) is 0 Å².